The molecule has 60 valence electrons. The van der Waals surface area contributed by atoms with Crippen molar-refractivity contribution in [3.8, 4) is 12.1 Å². The molecule has 0 N–H and O–H groups in total. The average Bonchev–Trinajstić information content (AvgIpc) is 1.97. The van der Waals surface area contributed by atoms with Crippen LogP contribution in [0.15, 0.2) is 0 Å². The van der Waals surface area contributed by atoms with E-state index in [2.05, 4.69) is 0 Å². The normalized spacial score (nSPS) is 10.2. The van der Waals surface area contributed by atoms with Gasteiger partial charge >= 0.3 is 8.74 Å². The number of hydrogen-bond donors (Lipinski definition) is 0. The highest BCUT2D eigenvalue weighted by Gasteiger charge is 2.33. The van der Waals surface area contributed by atoms with Gasteiger partial charge in [0.05, 0.1) is 12.1 Å². The first-order valence-corrected chi connectivity index (χ1v) is 5.41. The average molecular weight is 174 g/mol. The summed E-state index contributed by atoms with van der Waals surface area (Å²) >= 11 is 0. The van der Waals surface area contributed by atoms with Gasteiger partial charge in [0.25, 0.3) is 0 Å². The predicted octanol–water partition coefficient (Wildman–Crippen LogP) is 2.19. The molecule has 0 fully saturated rings. The maximum atomic E-state index is 12.6. The van der Waals surface area contributed by atoms with Gasteiger partial charge in [0.15, 0.2) is 0 Å². The molecule has 0 heterocycles. The monoisotopic (exact) mass is 174 g/mol. The molecule has 0 aliphatic carbocycles. The topological polar surface area (TPSA) is 47.6 Å². The zero-order valence-corrected chi connectivity index (χ0v) is 6.98. The molecule has 0 aromatic carbocycles. The van der Waals surface area contributed by atoms with E-state index < -0.39 is 8.74 Å². The van der Waals surface area contributed by atoms with Gasteiger partial charge in [0.2, 0.25) is 0 Å². The van der Waals surface area contributed by atoms with Gasteiger partial charge in [-0.15, -0.1) is 0 Å². The molecular formula is C6H8F2N2Si. The van der Waals surface area contributed by atoms with Gasteiger partial charge in [0.1, 0.15) is 0 Å². The maximum Gasteiger partial charge on any atom is 0.427 e. The maximum absolute atomic E-state index is 12.6. The van der Waals surface area contributed by atoms with E-state index in [4.69, 9.17) is 10.5 Å². The van der Waals surface area contributed by atoms with E-state index in [1.54, 1.807) is 12.1 Å². The second-order valence-electron chi connectivity index (χ2n) is 2.17. The molecule has 2 nitrogen and oxygen atoms in total. The lowest BCUT2D eigenvalue weighted by molar-refractivity contribution is 0.586. The predicted molar refractivity (Wildman–Crippen MR) is 38.0 cm³/mol. The molecule has 0 saturated carbocycles. The molecular weight excluding hydrogens is 166 g/mol. The second-order valence-corrected chi connectivity index (χ2v) is 4.88. The molecule has 5 heteroatoms. The third kappa shape index (κ3) is 5.50. The Hall–Kier alpha value is -0.943. The SMILES string of the molecule is N#CCC[Si](F)(F)CCC#N. The molecule has 0 amide bonds. The summed E-state index contributed by atoms with van der Waals surface area (Å²) in [5.41, 5.74) is 0. The van der Waals surface area contributed by atoms with E-state index >= 15 is 0 Å². The van der Waals surface area contributed by atoms with Crippen LogP contribution in [0.2, 0.25) is 12.1 Å². The highest BCUT2D eigenvalue weighted by Crippen LogP contribution is 2.21. The molecule has 11 heavy (non-hydrogen) atoms. The van der Waals surface area contributed by atoms with Crippen molar-refractivity contribution in [1.29, 1.82) is 10.5 Å². The van der Waals surface area contributed by atoms with Crippen LogP contribution < -0.4 is 0 Å². The van der Waals surface area contributed by atoms with Gasteiger partial charge in [-0.3, -0.25) is 8.22 Å². The summed E-state index contributed by atoms with van der Waals surface area (Å²) in [5, 5.41) is 16.1. The van der Waals surface area contributed by atoms with Gasteiger partial charge in [0, 0.05) is 24.9 Å². The van der Waals surface area contributed by atoms with Gasteiger partial charge in [-0.2, -0.15) is 10.5 Å². The highest BCUT2D eigenvalue weighted by atomic mass is 28.4. The molecule has 0 aromatic heterocycles. The van der Waals surface area contributed by atoms with E-state index in [9.17, 15) is 8.22 Å². The van der Waals surface area contributed by atoms with Crippen LogP contribution in [-0.2, 0) is 0 Å². The molecule has 0 spiro atoms. The molecule has 0 radical (unpaired) electrons. The summed E-state index contributed by atoms with van der Waals surface area (Å²) < 4.78 is 25.3. The van der Waals surface area contributed by atoms with Crippen molar-refractivity contribution >= 4 is 8.74 Å². The minimum Gasteiger partial charge on any atom is -0.270 e. The summed E-state index contributed by atoms with van der Waals surface area (Å²) in [4.78, 5) is 0. The fourth-order valence-corrected chi connectivity index (χ4v) is 1.81. The minimum atomic E-state index is -4.19. The Balaban J connectivity index is 3.64. The van der Waals surface area contributed by atoms with Crippen LogP contribution in [0.1, 0.15) is 12.8 Å². The lowest BCUT2D eigenvalue weighted by atomic mass is 10.5. The smallest absolute Gasteiger partial charge is 0.270 e. The molecule has 0 rings (SSSR count). The summed E-state index contributed by atoms with van der Waals surface area (Å²) in [6.45, 7) is 0. The molecule has 0 aliphatic rings. The standard InChI is InChI=1S/C6H8F2N2Si/c7-11(8,5-1-3-9)6-2-4-10/h1-2,5-6H2. The van der Waals surface area contributed by atoms with E-state index in [0.717, 1.165) is 0 Å². The van der Waals surface area contributed by atoms with Crippen LogP contribution >= 0.6 is 0 Å². The minimum absolute atomic E-state index is 0.0926. The second kappa shape index (κ2) is 4.81. The molecule has 0 saturated heterocycles. The van der Waals surface area contributed by atoms with Crippen LogP contribution in [0.3, 0.4) is 0 Å². The summed E-state index contributed by atoms with van der Waals surface area (Å²) in [6.07, 6.45) is -0.185. The molecule has 0 atom stereocenters. The Morgan fingerprint density at radius 3 is 1.64 bits per heavy atom. The first-order chi connectivity index (χ1) is 5.12. The zero-order valence-electron chi connectivity index (χ0n) is 5.98. The van der Waals surface area contributed by atoms with Crippen molar-refractivity contribution in [1.82, 2.24) is 0 Å². The largest absolute Gasteiger partial charge is 0.427 e. The quantitative estimate of drug-likeness (QED) is 0.484. The molecule has 0 aliphatic heterocycles. The number of hydrogen-bond acceptors (Lipinski definition) is 2. The van der Waals surface area contributed by atoms with E-state index in [0.29, 0.717) is 0 Å². The Kier molecular flexibility index (Phi) is 4.40. The Labute approximate surface area is 65.4 Å². The van der Waals surface area contributed by atoms with Gasteiger partial charge in [-0.05, 0) is 0 Å². The van der Waals surface area contributed by atoms with E-state index in [-0.39, 0.29) is 24.9 Å². The van der Waals surface area contributed by atoms with Crippen molar-refractivity contribution in [3.63, 3.8) is 0 Å². The Morgan fingerprint density at radius 2 is 1.36 bits per heavy atom. The lowest BCUT2D eigenvalue weighted by Crippen LogP contribution is -2.20. The van der Waals surface area contributed by atoms with Crippen molar-refractivity contribution in [2.45, 2.75) is 24.9 Å². The Bertz CT molecular complexity index is 172. The van der Waals surface area contributed by atoms with Crippen molar-refractivity contribution < 1.29 is 8.22 Å². The summed E-state index contributed by atoms with van der Waals surface area (Å²) in [7, 11) is -4.19. The third-order valence-electron chi connectivity index (χ3n) is 1.21. The highest BCUT2D eigenvalue weighted by molar-refractivity contribution is 6.66. The molecule has 0 aromatic rings. The van der Waals surface area contributed by atoms with Crippen LogP contribution in [0.4, 0.5) is 8.22 Å². The summed E-state index contributed by atoms with van der Waals surface area (Å²) in [6, 6.07) is 2.74. The van der Waals surface area contributed by atoms with Crippen molar-refractivity contribution in [2.75, 3.05) is 0 Å². The van der Waals surface area contributed by atoms with Crippen LogP contribution in [0.25, 0.3) is 0 Å². The van der Waals surface area contributed by atoms with E-state index in [1.807, 2.05) is 0 Å². The molecule has 0 unspecified atom stereocenters. The summed E-state index contributed by atoms with van der Waals surface area (Å²) in [5.74, 6) is 0. The number of rotatable bonds is 4. The first-order valence-electron chi connectivity index (χ1n) is 3.24. The van der Waals surface area contributed by atoms with Gasteiger partial charge in [-0.1, -0.05) is 0 Å². The number of nitrogens with zero attached hydrogens (tertiary/aromatic N) is 2. The number of nitriles is 2. The fraction of sp³-hybridized carbons (Fsp3) is 0.667. The fourth-order valence-electron chi connectivity index (χ4n) is 0.603. The third-order valence-corrected chi connectivity index (χ3v) is 3.17. The zero-order chi connectivity index (χ0) is 8.74. The number of halogens is 2. The first kappa shape index (κ1) is 10.1. The van der Waals surface area contributed by atoms with Gasteiger partial charge in [-0.25, -0.2) is 0 Å². The van der Waals surface area contributed by atoms with Crippen molar-refractivity contribution in [3.05, 3.63) is 0 Å². The van der Waals surface area contributed by atoms with Crippen LogP contribution in [0, 0.1) is 22.7 Å². The van der Waals surface area contributed by atoms with Gasteiger partial charge < -0.3 is 0 Å². The molecule has 0 bridgehead atoms. The van der Waals surface area contributed by atoms with Crippen molar-refractivity contribution in [2.24, 2.45) is 0 Å². The van der Waals surface area contributed by atoms with Crippen LogP contribution in [0.5, 0.6) is 0 Å². The Morgan fingerprint density at radius 1 is 1.00 bits per heavy atom. The van der Waals surface area contributed by atoms with Crippen LogP contribution in [-0.4, -0.2) is 8.74 Å². The lowest BCUT2D eigenvalue weighted by Gasteiger charge is -2.07. The van der Waals surface area contributed by atoms with E-state index in [1.165, 1.54) is 0 Å².